The molecule has 0 spiro atoms. The van der Waals surface area contributed by atoms with Gasteiger partial charge in [0.2, 0.25) is 0 Å². The van der Waals surface area contributed by atoms with Crippen LogP contribution in [0.3, 0.4) is 0 Å². The van der Waals surface area contributed by atoms with Gasteiger partial charge in [0.1, 0.15) is 0 Å². The van der Waals surface area contributed by atoms with Crippen molar-refractivity contribution in [2.24, 2.45) is 0 Å². The molecule has 0 unspecified atom stereocenters. The van der Waals surface area contributed by atoms with E-state index in [0.717, 1.165) is 19.6 Å². The molecule has 1 aromatic rings. The van der Waals surface area contributed by atoms with E-state index in [1.54, 1.807) is 0 Å². The summed E-state index contributed by atoms with van der Waals surface area (Å²) in [5.74, 6) is 0. The largest absolute Gasteiger partial charge is 0.383 e. The number of nitrogens with one attached hydrogen (secondary N) is 1. The Kier molecular flexibility index (Phi) is 2.56. The molecule has 1 aliphatic heterocycles. The Morgan fingerprint density at radius 3 is 3.15 bits per heavy atom. The maximum Gasteiger partial charge on any atom is 0.0397 e. The highest BCUT2D eigenvalue weighted by atomic mass is 79.9. The molecular weight excluding hydrogens is 228 g/mol. The zero-order chi connectivity index (χ0) is 9.26. The van der Waals surface area contributed by atoms with Crippen LogP contribution in [0.1, 0.15) is 5.56 Å². The third-order valence-corrected chi connectivity index (χ3v) is 3.10. The molecule has 0 radical (unpaired) electrons. The fourth-order valence-corrected chi connectivity index (χ4v) is 2.11. The van der Waals surface area contributed by atoms with Crippen molar-refractivity contribution in [2.75, 3.05) is 25.5 Å². The Hall–Kier alpha value is -0.540. The molecule has 0 aromatic heterocycles. The molecule has 0 bridgehead atoms. The summed E-state index contributed by atoms with van der Waals surface area (Å²) >= 11 is 3.58. The van der Waals surface area contributed by atoms with E-state index in [9.17, 15) is 0 Å². The normalized spacial score (nSPS) is 17.4. The number of fused-ring (bicyclic) bond motifs is 1. The number of likely N-dealkylation sites (N-methyl/N-ethyl adjacent to an activating group) is 1. The summed E-state index contributed by atoms with van der Waals surface area (Å²) in [5.41, 5.74) is 2.63. The first-order valence-corrected chi connectivity index (χ1v) is 5.26. The van der Waals surface area contributed by atoms with Crippen molar-refractivity contribution in [2.45, 2.75) is 6.54 Å². The maximum absolute atomic E-state index is 3.58. The van der Waals surface area contributed by atoms with E-state index in [1.165, 1.54) is 15.7 Å². The Bertz CT molecular complexity index is 312. The minimum absolute atomic E-state index is 1.02. The minimum Gasteiger partial charge on any atom is -0.383 e. The molecule has 1 aliphatic rings. The molecule has 0 saturated heterocycles. The van der Waals surface area contributed by atoms with Gasteiger partial charge in [0.05, 0.1) is 0 Å². The van der Waals surface area contributed by atoms with Crippen molar-refractivity contribution < 1.29 is 0 Å². The second-order valence-electron chi connectivity index (χ2n) is 3.43. The number of hydrogen-bond acceptors (Lipinski definition) is 2. The maximum atomic E-state index is 3.58. The van der Waals surface area contributed by atoms with Gasteiger partial charge < -0.3 is 10.2 Å². The molecule has 3 heteroatoms. The predicted octanol–water partition coefficient (Wildman–Crippen LogP) is 2.31. The molecule has 0 saturated carbocycles. The second kappa shape index (κ2) is 3.68. The summed E-state index contributed by atoms with van der Waals surface area (Å²) in [6, 6.07) is 6.31. The Labute approximate surface area is 87.1 Å². The van der Waals surface area contributed by atoms with Gasteiger partial charge in [0, 0.05) is 35.4 Å². The van der Waals surface area contributed by atoms with Gasteiger partial charge in [-0.2, -0.15) is 0 Å². The number of rotatable bonds is 0. The molecule has 70 valence electrons. The van der Waals surface area contributed by atoms with Crippen molar-refractivity contribution in [3.05, 3.63) is 28.2 Å². The van der Waals surface area contributed by atoms with Crippen LogP contribution in [0.4, 0.5) is 5.69 Å². The van der Waals surface area contributed by atoms with Gasteiger partial charge in [0.25, 0.3) is 0 Å². The Balaban J connectivity index is 2.40. The highest BCUT2D eigenvalue weighted by molar-refractivity contribution is 9.10. The molecule has 0 fully saturated rings. The molecule has 0 atom stereocenters. The third-order valence-electron chi connectivity index (χ3n) is 2.36. The lowest BCUT2D eigenvalue weighted by Crippen LogP contribution is -2.20. The molecule has 1 N–H and O–H groups in total. The standard InChI is InChI=1S/C10H13BrN2/c1-13-6-5-12-10-4-2-3-9(11)8(10)7-13/h2-4,12H,5-7H2,1H3. The van der Waals surface area contributed by atoms with Crippen LogP contribution in [0.5, 0.6) is 0 Å². The number of anilines is 1. The van der Waals surface area contributed by atoms with Gasteiger partial charge in [-0.1, -0.05) is 22.0 Å². The van der Waals surface area contributed by atoms with E-state index >= 15 is 0 Å². The van der Waals surface area contributed by atoms with Crippen molar-refractivity contribution in [3.63, 3.8) is 0 Å². The Morgan fingerprint density at radius 1 is 1.46 bits per heavy atom. The van der Waals surface area contributed by atoms with Gasteiger partial charge >= 0.3 is 0 Å². The SMILES string of the molecule is CN1CCNc2cccc(Br)c2C1. The summed E-state index contributed by atoms with van der Waals surface area (Å²) < 4.78 is 1.20. The average molecular weight is 241 g/mol. The summed E-state index contributed by atoms with van der Waals surface area (Å²) in [6.07, 6.45) is 0. The molecule has 1 aromatic carbocycles. The van der Waals surface area contributed by atoms with Crippen LogP contribution < -0.4 is 5.32 Å². The van der Waals surface area contributed by atoms with Gasteiger partial charge in [-0.15, -0.1) is 0 Å². The van der Waals surface area contributed by atoms with Gasteiger partial charge in [-0.3, -0.25) is 0 Å². The van der Waals surface area contributed by atoms with E-state index in [0.29, 0.717) is 0 Å². The fourth-order valence-electron chi connectivity index (χ4n) is 1.62. The lowest BCUT2D eigenvalue weighted by atomic mass is 10.2. The Morgan fingerprint density at radius 2 is 2.31 bits per heavy atom. The van der Waals surface area contributed by atoms with Crippen LogP contribution in [0, 0.1) is 0 Å². The van der Waals surface area contributed by atoms with Crippen molar-refractivity contribution in [3.8, 4) is 0 Å². The number of benzene rings is 1. The number of nitrogens with zero attached hydrogens (tertiary/aromatic N) is 1. The van der Waals surface area contributed by atoms with E-state index in [-0.39, 0.29) is 0 Å². The average Bonchev–Trinajstić information content (AvgIpc) is 2.28. The fraction of sp³-hybridized carbons (Fsp3) is 0.400. The topological polar surface area (TPSA) is 15.3 Å². The van der Waals surface area contributed by atoms with Crippen LogP contribution in [0.15, 0.2) is 22.7 Å². The van der Waals surface area contributed by atoms with Gasteiger partial charge in [-0.05, 0) is 19.2 Å². The number of halogens is 1. The van der Waals surface area contributed by atoms with E-state index < -0.39 is 0 Å². The van der Waals surface area contributed by atoms with Crippen LogP contribution >= 0.6 is 15.9 Å². The second-order valence-corrected chi connectivity index (χ2v) is 4.28. The first kappa shape index (κ1) is 9.03. The quantitative estimate of drug-likeness (QED) is 0.749. The highest BCUT2D eigenvalue weighted by Gasteiger charge is 2.12. The lowest BCUT2D eigenvalue weighted by Gasteiger charge is -2.13. The zero-order valence-electron chi connectivity index (χ0n) is 7.68. The summed E-state index contributed by atoms with van der Waals surface area (Å²) in [6.45, 7) is 3.14. The van der Waals surface area contributed by atoms with E-state index in [1.807, 2.05) is 0 Å². The van der Waals surface area contributed by atoms with Crippen molar-refractivity contribution >= 4 is 21.6 Å². The minimum atomic E-state index is 1.02. The van der Waals surface area contributed by atoms with Gasteiger partial charge in [0.15, 0.2) is 0 Å². The van der Waals surface area contributed by atoms with Crippen molar-refractivity contribution in [1.29, 1.82) is 0 Å². The van der Waals surface area contributed by atoms with Crippen LogP contribution in [-0.4, -0.2) is 25.0 Å². The van der Waals surface area contributed by atoms with Crippen LogP contribution in [0.2, 0.25) is 0 Å². The van der Waals surface area contributed by atoms with Crippen molar-refractivity contribution in [1.82, 2.24) is 4.90 Å². The monoisotopic (exact) mass is 240 g/mol. The van der Waals surface area contributed by atoms with E-state index in [4.69, 9.17) is 0 Å². The van der Waals surface area contributed by atoms with Gasteiger partial charge in [-0.25, -0.2) is 0 Å². The zero-order valence-corrected chi connectivity index (χ0v) is 9.26. The summed E-state index contributed by atoms with van der Waals surface area (Å²) in [4.78, 5) is 2.32. The third kappa shape index (κ3) is 1.86. The summed E-state index contributed by atoms with van der Waals surface area (Å²) in [5, 5.41) is 3.42. The highest BCUT2D eigenvalue weighted by Crippen LogP contribution is 2.27. The molecule has 0 amide bonds. The number of hydrogen-bond donors (Lipinski definition) is 1. The first-order valence-electron chi connectivity index (χ1n) is 4.47. The molecule has 2 nitrogen and oxygen atoms in total. The molecule has 0 aliphatic carbocycles. The molecule has 1 heterocycles. The first-order chi connectivity index (χ1) is 6.27. The molecule has 2 rings (SSSR count). The smallest absolute Gasteiger partial charge is 0.0397 e. The predicted molar refractivity (Wildman–Crippen MR) is 59.0 cm³/mol. The lowest BCUT2D eigenvalue weighted by molar-refractivity contribution is 0.345. The molecular formula is C10H13BrN2. The summed E-state index contributed by atoms with van der Waals surface area (Å²) in [7, 11) is 2.15. The molecule has 13 heavy (non-hydrogen) atoms. The van der Waals surface area contributed by atoms with E-state index in [2.05, 4.69) is 51.4 Å². The van der Waals surface area contributed by atoms with Crippen LogP contribution in [0.25, 0.3) is 0 Å². The van der Waals surface area contributed by atoms with Crippen LogP contribution in [-0.2, 0) is 6.54 Å².